The van der Waals surface area contributed by atoms with Gasteiger partial charge in [0.25, 0.3) is 5.56 Å². The number of nitrogens with one attached hydrogen (secondary N) is 1. The van der Waals surface area contributed by atoms with Gasteiger partial charge in [-0.05, 0) is 17.7 Å². The quantitative estimate of drug-likeness (QED) is 0.780. The van der Waals surface area contributed by atoms with Gasteiger partial charge in [0.2, 0.25) is 0 Å². The molecule has 0 aliphatic heterocycles. The fourth-order valence-electron chi connectivity index (χ4n) is 2.15. The van der Waals surface area contributed by atoms with Crippen LogP contribution in [0.1, 0.15) is 5.56 Å². The van der Waals surface area contributed by atoms with Crippen LogP contribution >= 0.6 is 23.2 Å². The van der Waals surface area contributed by atoms with Gasteiger partial charge < -0.3 is 4.98 Å². The van der Waals surface area contributed by atoms with Gasteiger partial charge in [-0.3, -0.25) is 13.9 Å². The second kappa shape index (κ2) is 5.05. The van der Waals surface area contributed by atoms with Crippen LogP contribution in [-0.2, 0) is 13.6 Å². The minimum absolute atomic E-state index is 0.108. The molecule has 2 heterocycles. The molecule has 3 aromatic rings. The molecule has 21 heavy (non-hydrogen) atoms. The van der Waals surface area contributed by atoms with Gasteiger partial charge in [0.1, 0.15) is 5.52 Å². The summed E-state index contributed by atoms with van der Waals surface area (Å²) in [7, 11) is 1.57. The number of aryl methyl sites for hydroxylation is 1. The molecule has 0 spiro atoms. The van der Waals surface area contributed by atoms with Crippen LogP contribution in [0.15, 0.2) is 34.1 Å². The van der Waals surface area contributed by atoms with E-state index in [1.165, 1.54) is 10.9 Å². The van der Waals surface area contributed by atoms with Crippen molar-refractivity contribution in [3.8, 4) is 0 Å². The summed E-state index contributed by atoms with van der Waals surface area (Å²) in [6, 6.07) is 4.98. The molecule has 0 atom stereocenters. The standard InChI is InChI=1S/C13H10Cl2N4O2/c1-18-11-10(16-6-17-11)12(20)19(13(18)21)5-7-2-3-8(14)9(15)4-7/h2-4,6H,5H2,1H3,(H,16,17). The summed E-state index contributed by atoms with van der Waals surface area (Å²) in [6.45, 7) is 0.108. The van der Waals surface area contributed by atoms with E-state index >= 15 is 0 Å². The second-order valence-electron chi connectivity index (χ2n) is 4.58. The number of benzene rings is 1. The summed E-state index contributed by atoms with van der Waals surface area (Å²) >= 11 is 11.8. The molecule has 1 N–H and O–H groups in total. The number of fused-ring (bicyclic) bond motifs is 1. The predicted octanol–water partition coefficient (Wildman–Crippen LogP) is 1.78. The van der Waals surface area contributed by atoms with Gasteiger partial charge in [-0.15, -0.1) is 0 Å². The normalized spacial score (nSPS) is 11.2. The van der Waals surface area contributed by atoms with Crippen molar-refractivity contribution in [1.29, 1.82) is 0 Å². The van der Waals surface area contributed by atoms with Crippen LogP contribution in [0.2, 0.25) is 10.0 Å². The number of nitrogens with zero attached hydrogens (tertiary/aromatic N) is 3. The molecule has 0 unspecified atom stereocenters. The van der Waals surface area contributed by atoms with E-state index in [1.54, 1.807) is 25.2 Å². The Bertz CT molecular complexity index is 955. The molecular formula is C13H10Cl2N4O2. The topological polar surface area (TPSA) is 72.7 Å². The van der Waals surface area contributed by atoms with Crippen LogP contribution in [0.3, 0.4) is 0 Å². The average molecular weight is 325 g/mol. The summed E-state index contributed by atoms with van der Waals surface area (Å²) in [5, 5.41) is 0.798. The molecule has 8 heteroatoms. The maximum absolute atomic E-state index is 12.3. The second-order valence-corrected chi connectivity index (χ2v) is 5.40. The van der Waals surface area contributed by atoms with Crippen LogP contribution in [-0.4, -0.2) is 19.1 Å². The Labute approximate surface area is 128 Å². The number of rotatable bonds is 2. The lowest BCUT2D eigenvalue weighted by Crippen LogP contribution is -2.39. The fourth-order valence-corrected chi connectivity index (χ4v) is 2.47. The molecule has 1 aromatic carbocycles. The molecule has 6 nitrogen and oxygen atoms in total. The zero-order valence-electron chi connectivity index (χ0n) is 10.9. The van der Waals surface area contributed by atoms with E-state index in [1.807, 2.05) is 0 Å². The van der Waals surface area contributed by atoms with Crippen LogP contribution in [0, 0.1) is 0 Å². The number of hydrogen-bond acceptors (Lipinski definition) is 3. The highest BCUT2D eigenvalue weighted by atomic mass is 35.5. The fraction of sp³-hybridized carbons (Fsp3) is 0.154. The van der Waals surface area contributed by atoms with Crippen LogP contribution in [0.5, 0.6) is 0 Å². The zero-order chi connectivity index (χ0) is 15.1. The van der Waals surface area contributed by atoms with Crippen molar-refractivity contribution in [2.24, 2.45) is 7.05 Å². The van der Waals surface area contributed by atoms with E-state index in [2.05, 4.69) is 9.97 Å². The molecule has 0 bridgehead atoms. The van der Waals surface area contributed by atoms with Gasteiger partial charge in [-0.1, -0.05) is 29.3 Å². The molecule has 0 amide bonds. The molecule has 0 aliphatic rings. The molecule has 0 radical (unpaired) electrons. The van der Waals surface area contributed by atoms with Gasteiger partial charge in [0.05, 0.1) is 22.9 Å². The summed E-state index contributed by atoms with van der Waals surface area (Å²) in [6.07, 6.45) is 1.38. The van der Waals surface area contributed by atoms with Gasteiger partial charge in [-0.2, -0.15) is 0 Å². The third kappa shape index (κ3) is 2.26. The Morgan fingerprint density at radius 1 is 1.24 bits per heavy atom. The lowest BCUT2D eigenvalue weighted by Gasteiger charge is -2.08. The van der Waals surface area contributed by atoms with E-state index < -0.39 is 11.2 Å². The highest BCUT2D eigenvalue weighted by molar-refractivity contribution is 6.42. The monoisotopic (exact) mass is 324 g/mol. The summed E-state index contributed by atoms with van der Waals surface area (Å²) in [5.41, 5.74) is 0.470. The van der Waals surface area contributed by atoms with Crippen LogP contribution in [0.4, 0.5) is 0 Å². The Kier molecular flexibility index (Phi) is 3.35. The molecule has 2 aromatic heterocycles. The molecule has 108 valence electrons. The smallest absolute Gasteiger partial charge is 0.332 e. The lowest BCUT2D eigenvalue weighted by atomic mass is 10.2. The first kappa shape index (κ1) is 13.9. The van der Waals surface area contributed by atoms with E-state index in [4.69, 9.17) is 23.2 Å². The Balaban J connectivity index is 2.18. The average Bonchev–Trinajstić information content (AvgIpc) is 2.95. The van der Waals surface area contributed by atoms with Crippen molar-refractivity contribution in [1.82, 2.24) is 19.1 Å². The summed E-state index contributed by atoms with van der Waals surface area (Å²) < 4.78 is 2.45. The third-order valence-electron chi connectivity index (χ3n) is 3.24. The molecule has 3 rings (SSSR count). The number of imidazole rings is 1. The number of halogens is 2. The summed E-state index contributed by atoms with van der Waals surface area (Å²) in [4.78, 5) is 31.3. The van der Waals surface area contributed by atoms with Crippen molar-refractivity contribution in [2.75, 3.05) is 0 Å². The van der Waals surface area contributed by atoms with Crippen LogP contribution in [0.25, 0.3) is 11.2 Å². The number of aromatic amines is 1. The van der Waals surface area contributed by atoms with Crippen molar-refractivity contribution >= 4 is 34.4 Å². The Morgan fingerprint density at radius 3 is 2.71 bits per heavy atom. The summed E-state index contributed by atoms with van der Waals surface area (Å²) in [5.74, 6) is 0. The number of hydrogen-bond donors (Lipinski definition) is 1. The van der Waals surface area contributed by atoms with Crippen molar-refractivity contribution in [2.45, 2.75) is 6.54 Å². The lowest BCUT2D eigenvalue weighted by molar-refractivity contribution is 0.657. The molecular weight excluding hydrogens is 315 g/mol. The first-order valence-corrected chi connectivity index (χ1v) is 6.81. The molecule has 0 saturated heterocycles. The minimum Gasteiger partial charge on any atom is -0.339 e. The van der Waals surface area contributed by atoms with Gasteiger partial charge in [0.15, 0.2) is 5.65 Å². The van der Waals surface area contributed by atoms with Gasteiger partial charge in [-0.25, -0.2) is 9.78 Å². The Morgan fingerprint density at radius 2 is 2.00 bits per heavy atom. The SMILES string of the molecule is Cn1c(=O)n(Cc2ccc(Cl)c(Cl)c2)c(=O)c2[nH]cnc21. The maximum atomic E-state index is 12.3. The molecule has 0 aliphatic carbocycles. The van der Waals surface area contributed by atoms with Gasteiger partial charge >= 0.3 is 5.69 Å². The predicted molar refractivity (Wildman–Crippen MR) is 81.2 cm³/mol. The first-order valence-electron chi connectivity index (χ1n) is 6.06. The molecule has 0 saturated carbocycles. The van der Waals surface area contributed by atoms with E-state index in [-0.39, 0.29) is 12.1 Å². The van der Waals surface area contributed by atoms with Crippen molar-refractivity contribution < 1.29 is 0 Å². The van der Waals surface area contributed by atoms with Crippen molar-refractivity contribution in [3.05, 3.63) is 61.0 Å². The largest absolute Gasteiger partial charge is 0.339 e. The first-order chi connectivity index (χ1) is 9.99. The number of H-pyrrole nitrogens is 1. The minimum atomic E-state index is -0.439. The van der Waals surface area contributed by atoms with E-state index in [9.17, 15) is 9.59 Å². The maximum Gasteiger partial charge on any atom is 0.332 e. The van der Waals surface area contributed by atoms with Crippen molar-refractivity contribution in [3.63, 3.8) is 0 Å². The van der Waals surface area contributed by atoms with Gasteiger partial charge in [0, 0.05) is 7.05 Å². The molecule has 0 fully saturated rings. The highest BCUT2D eigenvalue weighted by Gasteiger charge is 2.13. The zero-order valence-corrected chi connectivity index (χ0v) is 12.4. The van der Waals surface area contributed by atoms with E-state index in [0.717, 1.165) is 4.57 Å². The van der Waals surface area contributed by atoms with Crippen LogP contribution < -0.4 is 11.2 Å². The van der Waals surface area contributed by atoms with E-state index in [0.29, 0.717) is 21.3 Å². The number of aromatic nitrogens is 4. The third-order valence-corrected chi connectivity index (χ3v) is 3.98. The highest BCUT2D eigenvalue weighted by Crippen LogP contribution is 2.22. The Hall–Kier alpha value is -2.05.